The maximum atomic E-state index is 10.6. The Kier molecular flexibility index (Phi) is 3.67. The van der Waals surface area contributed by atoms with Crippen LogP contribution in [0.25, 0.3) is 0 Å². The van der Waals surface area contributed by atoms with E-state index in [1.54, 1.807) is 6.21 Å². The smallest absolute Gasteiger partial charge is 0.427 e. The number of hydrogen-bond donors (Lipinski definition) is 1. The lowest BCUT2D eigenvalue weighted by Gasteiger charge is -1.96. The van der Waals surface area contributed by atoms with Crippen molar-refractivity contribution in [2.45, 2.75) is 6.92 Å². The van der Waals surface area contributed by atoms with Gasteiger partial charge in [-0.1, -0.05) is 29.8 Å². The molecule has 1 amide bonds. The minimum Gasteiger partial charge on any atom is -0.452 e. The molecular weight excluding hydrogens is 180 g/mol. The van der Waals surface area contributed by atoms with Gasteiger partial charge in [-0.05, 0) is 12.5 Å². The average molecular weight is 192 g/mol. The van der Waals surface area contributed by atoms with Gasteiger partial charge in [0.05, 0.1) is 13.3 Å². The van der Waals surface area contributed by atoms with E-state index in [2.05, 4.69) is 15.3 Å². The summed E-state index contributed by atoms with van der Waals surface area (Å²) in [6.07, 6.45) is 0.976. The molecule has 0 atom stereocenters. The lowest BCUT2D eigenvalue weighted by Crippen LogP contribution is -2.16. The van der Waals surface area contributed by atoms with Crippen molar-refractivity contribution in [1.29, 1.82) is 0 Å². The van der Waals surface area contributed by atoms with E-state index in [0.717, 1.165) is 5.56 Å². The molecule has 0 aliphatic carbocycles. The minimum atomic E-state index is -0.576. The van der Waals surface area contributed by atoms with Crippen LogP contribution in [-0.4, -0.2) is 19.4 Å². The molecule has 1 aromatic rings. The molecule has 0 aliphatic rings. The van der Waals surface area contributed by atoms with Gasteiger partial charge in [-0.3, -0.25) is 0 Å². The lowest BCUT2D eigenvalue weighted by atomic mass is 10.2. The van der Waals surface area contributed by atoms with Gasteiger partial charge in [0.2, 0.25) is 0 Å². The first-order chi connectivity index (χ1) is 6.72. The zero-order valence-electron chi connectivity index (χ0n) is 8.15. The van der Waals surface area contributed by atoms with E-state index in [1.807, 2.05) is 31.2 Å². The number of aryl methyl sites for hydroxylation is 1. The van der Waals surface area contributed by atoms with Crippen LogP contribution in [0.3, 0.4) is 0 Å². The van der Waals surface area contributed by atoms with E-state index in [4.69, 9.17) is 0 Å². The fourth-order valence-corrected chi connectivity index (χ4v) is 0.858. The van der Waals surface area contributed by atoms with Gasteiger partial charge in [-0.25, -0.2) is 10.2 Å². The van der Waals surface area contributed by atoms with Gasteiger partial charge < -0.3 is 4.74 Å². The van der Waals surface area contributed by atoms with Crippen molar-refractivity contribution < 1.29 is 9.53 Å². The van der Waals surface area contributed by atoms with E-state index in [0.29, 0.717) is 0 Å². The quantitative estimate of drug-likeness (QED) is 0.572. The second-order valence-electron chi connectivity index (χ2n) is 2.77. The molecule has 0 saturated carbocycles. The average Bonchev–Trinajstić information content (AvgIpc) is 2.21. The van der Waals surface area contributed by atoms with Gasteiger partial charge >= 0.3 is 6.09 Å². The van der Waals surface area contributed by atoms with Gasteiger partial charge in [0, 0.05) is 0 Å². The number of ether oxygens (including phenoxy) is 1. The van der Waals surface area contributed by atoms with Crippen LogP contribution in [0.4, 0.5) is 4.79 Å². The predicted molar refractivity (Wildman–Crippen MR) is 54.3 cm³/mol. The second kappa shape index (κ2) is 5.01. The highest BCUT2D eigenvalue weighted by atomic mass is 16.5. The van der Waals surface area contributed by atoms with Crippen LogP contribution in [0.2, 0.25) is 0 Å². The highest BCUT2D eigenvalue weighted by molar-refractivity contribution is 5.80. The Morgan fingerprint density at radius 1 is 1.43 bits per heavy atom. The molecule has 1 aromatic carbocycles. The normalized spacial score (nSPS) is 10.1. The minimum absolute atomic E-state index is 0.576. The summed E-state index contributed by atoms with van der Waals surface area (Å²) in [6.45, 7) is 2.01. The molecule has 74 valence electrons. The molecule has 0 saturated heterocycles. The van der Waals surface area contributed by atoms with Gasteiger partial charge in [0.1, 0.15) is 0 Å². The molecule has 1 N–H and O–H groups in total. The highest BCUT2D eigenvalue weighted by Gasteiger charge is 1.92. The number of carbonyl (C=O) groups is 1. The fourth-order valence-electron chi connectivity index (χ4n) is 0.858. The van der Waals surface area contributed by atoms with E-state index in [9.17, 15) is 4.79 Å². The number of amides is 1. The third-order valence-electron chi connectivity index (χ3n) is 1.63. The number of hydrazone groups is 1. The van der Waals surface area contributed by atoms with Crippen LogP contribution in [0.15, 0.2) is 29.4 Å². The third-order valence-corrected chi connectivity index (χ3v) is 1.63. The van der Waals surface area contributed by atoms with Crippen LogP contribution in [0, 0.1) is 6.92 Å². The number of hydrogen-bond acceptors (Lipinski definition) is 3. The molecule has 0 spiro atoms. The molecule has 0 bridgehead atoms. The van der Waals surface area contributed by atoms with E-state index in [1.165, 1.54) is 12.7 Å². The number of nitrogens with one attached hydrogen (secondary N) is 1. The molecule has 4 nitrogen and oxygen atoms in total. The first-order valence-corrected chi connectivity index (χ1v) is 4.16. The number of carbonyl (C=O) groups excluding carboxylic acids is 1. The molecule has 0 radical (unpaired) electrons. The van der Waals surface area contributed by atoms with Crippen molar-refractivity contribution in [3.63, 3.8) is 0 Å². The van der Waals surface area contributed by atoms with Crippen molar-refractivity contribution >= 4 is 12.3 Å². The van der Waals surface area contributed by atoms with Crippen LogP contribution in [0.1, 0.15) is 11.1 Å². The van der Waals surface area contributed by atoms with Gasteiger partial charge in [-0.2, -0.15) is 5.10 Å². The molecule has 4 heteroatoms. The molecule has 0 fully saturated rings. The fraction of sp³-hybridized carbons (Fsp3) is 0.200. The topological polar surface area (TPSA) is 50.7 Å². The molecule has 0 aromatic heterocycles. The SMILES string of the molecule is COC(=O)N/N=C/c1ccc(C)cc1. The van der Waals surface area contributed by atoms with Gasteiger partial charge in [0.25, 0.3) is 0 Å². The first kappa shape index (κ1) is 10.2. The van der Waals surface area contributed by atoms with Gasteiger partial charge in [-0.15, -0.1) is 0 Å². The first-order valence-electron chi connectivity index (χ1n) is 4.16. The van der Waals surface area contributed by atoms with Gasteiger partial charge in [0.15, 0.2) is 0 Å². The Bertz CT molecular complexity index is 330. The molecule has 0 aliphatic heterocycles. The number of nitrogens with zero attached hydrogens (tertiary/aromatic N) is 1. The van der Waals surface area contributed by atoms with Crippen molar-refractivity contribution in [2.75, 3.05) is 7.11 Å². The summed E-state index contributed by atoms with van der Waals surface area (Å²) in [7, 11) is 1.29. The predicted octanol–water partition coefficient (Wildman–Crippen LogP) is 1.68. The summed E-state index contributed by atoms with van der Waals surface area (Å²) < 4.78 is 4.34. The summed E-state index contributed by atoms with van der Waals surface area (Å²) in [5.74, 6) is 0. The Hall–Kier alpha value is -1.84. The summed E-state index contributed by atoms with van der Waals surface area (Å²) >= 11 is 0. The number of rotatable bonds is 2. The summed E-state index contributed by atoms with van der Waals surface area (Å²) in [5.41, 5.74) is 4.31. The van der Waals surface area contributed by atoms with Crippen LogP contribution >= 0.6 is 0 Å². The summed E-state index contributed by atoms with van der Waals surface area (Å²) in [4.78, 5) is 10.6. The molecule has 0 heterocycles. The molecule has 0 unspecified atom stereocenters. The van der Waals surface area contributed by atoms with Crippen LogP contribution in [0.5, 0.6) is 0 Å². The molecule has 1 rings (SSSR count). The van der Waals surface area contributed by atoms with Crippen molar-refractivity contribution in [2.24, 2.45) is 5.10 Å². The highest BCUT2D eigenvalue weighted by Crippen LogP contribution is 1.99. The number of methoxy groups -OCH3 is 1. The molecular formula is C10H12N2O2. The number of benzene rings is 1. The maximum Gasteiger partial charge on any atom is 0.427 e. The van der Waals surface area contributed by atoms with E-state index >= 15 is 0 Å². The van der Waals surface area contributed by atoms with E-state index < -0.39 is 6.09 Å². The Labute approximate surface area is 82.6 Å². The zero-order valence-corrected chi connectivity index (χ0v) is 8.15. The zero-order chi connectivity index (χ0) is 10.4. The molecule has 14 heavy (non-hydrogen) atoms. The van der Waals surface area contributed by atoms with Crippen molar-refractivity contribution in [3.8, 4) is 0 Å². The second-order valence-corrected chi connectivity index (χ2v) is 2.77. The summed E-state index contributed by atoms with van der Waals surface area (Å²) in [5, 5.41) is 3.69. The van der Waals surface area contributed by atoms with Crippen molar-refractivity contribution in [1.82, 2.24) is 5.43 Å². The Balaban J connectivity index is 2.52. The summed E-state index contributed by atoms with van der Waals surface area (Å²) in [6, 6.07) is 7.77. The Morgan fingerprint density at radius 2 is 2.07 bits per heavy atom. The Morgan fingerprint density at radius 3 is 2.64 bits per heavy atom. The maximum absolute atomic E-state index is 10.6. The monoisotopic (exact) mass is 192 g/mol. The largest absolute Gasteiger partial charge is 0.452 e. The lowest BCUT2D eigenvalue weighted by molar-refractivity contribution is 0.171. The standard InChI is InChI=1S/C10H12N2O2/c1-8-3-5-9(6-4-8)7-11-12-10(13)14-2/h3-7H,1-2H3,(H,12,13)/b11-7+. The third kappa shape index (κ3) is 3.26. The van der Waals surface area contributed by atoms with Crippen LogP contribution < -0.4 is 5.43 Å². The van der Waals surface area contributed by atoms with E-state index in [-0.39, 0.29) is 0 Å². The van der Waals surface area contributed by atoms with Crippen molar-refractivity contribution in [3.05, 3.63) is 35.4 Å². The van der Waals surface area contributed by atoms with Crippen LogP contribution in [-0.2, 0) is 4.74 Å².